The van der Waals surface area contributed by atoms with Crippen LogP contribution in [0.25, 0.3) is 11.4 Å². The van der Waals surface area contributed by atoms with E-state index in [9.17, 15) is 4.79 Å². The molecule has 0 unspecified atom stereocenters. The summed E-state index contributed by atoms with van der Waals surface area (Å²) in [5.74, 6) is 1.56. The second-order valence-corrected chi connectivity index (χ2v) is 7.39. The molecule has 0 saturated heterocycles. The second kappa shape index (κ2) is 10.1. The molecule has 0 radical (unpaired) electrons. The van der Waals surface area contributed by atoms with Crippen LogP contribution in [0.5, 0.6) is 5.75 Å². The number of allylic oxidation sites excluding steroid dienone is 1. The van der Waals surface area contributed by atoms with Gasteiger partial charge in [-0.3, -0.25) is 9.36 Å². The average molecular weight is 429 g/mol. The van der Waals surface area contributed by atoms with Crippen molar-refractivity contribution in [2.75, 3.05) is 17.7 Å². The smallest absolute Gasteiger partial charge is 0.234 e. The first-order chi connectivity index (χ1) is 14.1. The number of nitrogens with zero attached hydrogens (tertiary/aromatic N) is 3. The van der Waals surface area contributed by atoms with Crippen LogP contribution in [0.4, 0.5) is 5.69 Å². The van der Waals surface area contributed by atoms with E-state index in [0.29, 0.717) is 34.8 Å². The van der Waals surface area contributed by atoms with Crippen LogP contribution in [0.2, 0.25) is 5.02 Å². The number of aromatic nitrogens is 3. The van der Waals surface area contributed by atoms with E-state index in [2.05, 4.69) is 22.1 Å². The van der Waals surface area contributed by atoms with Gasteiger partial charge in [-0.1, -0.05) is 29.4 Å². The first-order valence-corrected chi connectivity index (χ1v) is 10.4. The molecule has 0 aliphatic rings. The molecule has 0 spiro atoms. The zero-order valence-electron chi connectivity index (χ0n) is 16.0. The van der Waals surface area contributed by atoms with Crippen LogP contribution in [-0.2, 0) is 11.3 Å². The minimum absolute atomic E-state index is 0.125. The molecule has 2 aromatic carbocycles. The SMILES string of the molecule is C=CCn1c(SCC(=O)Nc2ccc(OCC)cc2)nnc1-c1ccc(Cl)cc1. The van der Waals surface area contributed by atoms with Gasteiger partial charge in [-0.25, -0.2) is 0 Å². The van der Waals surface area contributed by atoms with Crippen molar-refractivity contribution in [1.82, 2.24) is 14.8 Å². The molecule has 150 valence electrons. The topological polar surface area (TPSA) is 69.0 Å². The molecule has 29 heavy (non-hydrogen) atoms. The van der Waals surface area contributed by atoms with E-state index >= 15 is 0 Å². The molecule has 1 heterocycles. The minimum Gasteiger partial charge on any atom is -0.494 e. The van der Waals surface area contributed by atoms with Gasteiger partial charge in [0, 0.05) is 22.8 Å². The van der Waals surface area contributed by atoms with Crippen LogP contribution >= 0.6 is 23.4 Å². The molecule has 6 nitrogen and oxygen atoms in total. The van der Waals surface area contributed by atoms with E-state index in [4.69, 9.17) is 16.3 Å². The molecule has 0 atom stereocenters. The molecule has 1 N–H and O–H groups in total. The highest BCUT2D eigenvalue weighted by Gasteiger charge is 2.15. The van der Waals surface area contributed by atoms with Crippen LogP contribution in [0.1, 0.15) is 6.92 Å². The van der Waals surface area contributed by atoms with Gasteiger partial charge in [0.15, 0.2) is 11.0 Å². The summed E-state index contributed by atoms with van der Waals surface area (Å²) in [5.41, 5.74) is 1.61. The molecule has 3 rings (SSSR count). The van der Waals surface area contributed by atoms with E-state index in [0.717, 1.165) is 11.3 Å². The van der Waals surface area contributed by atoms with E-state index < -0.39 is 0 Å². The van der Waals surface area contributed by atoms with Crippen molar-refractivity contribution >= 4 is 35.0 Å². The molecule has 0 fully saturated rings. The Kier molecular flexibility index (Phi) is 7.32. The number of halogens is 1. The van der Waals surface area contributed by atoms with E-state index in [-0.39, 0.29) is 11.7 Å². The maximum atomic E-state index is 12.3. The Labute approximate surface area is 178 Å². The lowest BCUT2D eigenvalue weighted by molar-refractivity contribution is -0.113. The lowest BCUT2D eigenvalue weighted by Gasteiger charge is -2.09. The largest absolute Gasteiger partial charge is 0.494 e. The number of thioether (sulfide) groups is 1. The molecule has 0 aliphatic carbocycles. The maximum absolute atomic E-state index is 12.3. The number of amides is 1. The molecular weight excluding hydrogens is 408 g/mol. The minimum atomic E-state index is -0.125. The number of carbonyl (C=O) groups is 1. The summed E-state index contributed by atoms with van der Waals surface area (Å²) in [6.45, 7) is 6.87. The first-order valence-electron chi connectivity index (χ1n) is 9.06. The summed E-state index contributed by atoms with van der Waals surface area (Å²) < 4.78 is 7.32. The number of carbonyl (C=O) groups excluding carboxylic acids is 1. The molecule has 3 aromatic rings. The van der Waals surface area contributed by atoms with E-state index in [1.165, 1.54) is 11.8 Å². The van der Waals surface area contributed by atoms with Crippen molar-refractivity contribution < 1.29 is 9.53 Å². The van der Waals surface area contributed by atoms with Crippen LogP contribution in [0, 0.1) is 0 Å². The standard InChI is InChI=1S/C21H21ClN4O2S/c1-3-13-26-20(15-5-7-16(22)8-6-15)24-25-21(26)29-14-19(27)23-17-9-11-18(12-10-17)28-4-2/h3,5-12H,1,4,13-14H2,2H3,(H,23,27). The van der Waals surface area contributed by atoms with Gasteiger partial charge in [0.05, 0.1) is 12.4 Å². The molecule has 8 heteroatoms. The highest BCUT2D eigenvalue weighted by Crippen LogP contribution is 2.25. The molecule has 0 aliphatic heterocycles. The van der Waals surface area contributed by atoms with Crippen LogP contribution < -0.4 is 10.1 Å². The number of anilines is 1. The lowest BCUT2D eigenvalue weighted by Crippen LogP contribution is -2.14. The fourth-order valence-corrected chi connectivity index (χ4v) is 3.50. The summed E-state index contributed by atoms with van der Waals surface area (Å²) in [6.07, 6.45) is 1.77. The molecule has 0 saturated carbocycles. The Hall–Kier alpha value is -2.77. The fraction of sp³-hybridized carbons (Fsp3) is 0.190. The van der Waals surface area contributed by atoms with Gasteiger partial charge >= 0.3 is 0 Å². The molecule has 1 amide bonds. The lowest BCUT2D eigenvalue weighted by atomic mass is 10.2. The first kappa shape index (κ1) is 21.0. The molecule has 0 bridgehead atoms. The van der Waals surface area contributed by atoms with Gasteiger partial charge in [0.25, 0.3) is 0 Å². The number of rotatable bonds is 9. The number of hydrogen-bond acceptors (Lipinski definition) is 5. The van der Waals surface area contributed by atoms with Gasteiger partial charge in [-0.05, 0) is 55.5 Å². The normalized spacial score (nSPS) is 10.6. The van der Waals surface area contributed by atoms with Crippen LogP contribution in [0.3, 0.4) is 0 Å². The Morgan fingerprint density at radius 1 is 1.21 bits per heavy atom. The Balaban J connectivity index is 1.65. The predicted octanol–water partition coefficient (Wildman–Crippen LogP) is 4.91. The van der Waals surface area contributed by atoms with Crippen molar-refractivity contribution in [3.05, 3.63) is 66.2 Å². The monoisotopic (exact) mass is 428 g/mol. The third kappa shape index (κ3) is 5.62. The summed E-state index contributed by atoms with van der Waals surface area (Å²) in [4.78, 5) is 12.3. The van der Waals surface area contributed by atoms with Gasteiger partial charge < -0.3 is 10.1 Å². The number of ether oxygens (including phenoxy) is 1. The summed E-state index contributed by atoms with van der Waals surface area (Å²) in [6, 6.07) is 14.7. The third-order valence-corrected chi connectivity index (χ3v) is 5.13. The van der Waals surface area contributed by atoms with Crippen molar-refractivity contribution in [2.24, 2.45) is 0 Å². The van der Waals surface area contributed by atoms with Gasteiger partial charge in [0.1, 0.15) is 5.75 Å². The molecule has 1 aromatic heterocycles. The van der Waals surface area contributed by atoms with Crippen molar-refractivity contribution in [3.8, 4) is 17.1 Å². The summed E-state index contributed by atoms with van der Waals surface area (Å²) in [5, 5.41) is 12.7. The number of nitrogens with one attached hydrogen (secondary N) is 1. The third-order valence-electron chi connectivity index (χ3n) is 3.91. The number of benzene rings is 2. The van der Waals surface area contributed by atoms with E-state index in [1.807, 2.05) is 47.9 Å². The number of hydrogen-bond donors (Lipinski definition) is 1. The summed E-state index contributed by atoms with van der Waals surface area (Å²) >= 11 is 7.29. The van der Waals surface area contributed by atoms with Crippen LogP contribution in [0.15, 0.2) is 66.3 Å². The average Bonchev–Trinajstić information content (AvgIpc) is 3.12. The van der Waals surface area contributed by atoms with Crippen molar-refractivity contribution in [1.29, 1.82) is 0 Å². The zero-order valence-corrected chi connectivity index (χ0v) is 17.5. The van der Waals surface area contributed by atoms with E-state index in [1.54, 1.807) is 18.2 Å². The van der Waals surface area contributed by atoms with Crippen molar-refractivity contribution in [3.63, 3.8) is 0 Å². The van der Waals surface area contributed by atoms with Crippen molar-refractivity contribution in [2.45, 2.75) is 18.6 Å². The Morgan fingerprint density at radius 3 is 2.59 bits per heavy atom. The Morgan fingerprint density at radius 2 is 1.93 bits per heavy atom. The fourth-order valence-electron chi connectivity index (χ4n) is 2.63. The second-order valence-electron chi connectivity index (χ2n) is 6.01. The van der Waals surface area contributed by atoms with Gasteiger partial charge in [0.2, 0.25) is 5.91 Å². The zero-order chi connectivity index (χ0) is 20.6. The highest BCUT2D eigenvalue weighted by molar-refractivity contribution is 7.99. The predicted molar refractivity (Wildman–Crippen MR) is 118 cm³/mol. The quantitative estimate of drug-likeness (QED) is 0.387. The Bertz CT molecular complexity index is 971. The van der Waals surface area contributed by atoms with Crippen LogP contribution in [-0.4, -0.2) is 33.0 Å². The highest BCUT2D eigenvalue weighted by atomic mass is 35.5. The van der Waals surface area contributed by atoms with Gasteiger partial charge in [-0.15, -0.1) is 16.8 Å². The van der Waals surface area contributed by atoms with Gasteiger partial charge in [-0.2, -0.15) is 0 Å². The summed E-state index contributed by atoms with van der Waals surface area (Å²) in [7, 11) is 0. The molecular formula is C21H21ClN4O2S. The maximum Gasteiger partial charge on any atom is 0.234 e.